The number of halogens is 1. The Kier molecular flexibility index (Phi) is 6.12. The van der Waals surface area contributed by atoms with Crippen LogP contribution in [0.3, 0.4) is 0 Å². The summed E-state index contributed by atoms with van der Waals surface area (Å²) < 4.78 is 1.54. The first-order valence-corrected chi connectivity index (χ1v) is 9.34. The van der Waals surface area contributed by atoms with Gasteiger partial charge in [-0.3, -0.25) is 9.59 Å². The van der Waals surface area contributed by atoms with Crippen molar-refractivity contribution < 1.29 is 4.79 Å². The van der Waals surface area contributed by atoms with Gasteiger partial charge >= 0.3 is 0 Å². The molecule has 5 nitrogen and oxygen atoms in total. The van der Waals surface area contributed by atoms with Gasteiger partial charge in [-0.15, -0.1) is 0 Å². The molecule has 3 rings (SSSR count). The predicted molar refractivity (Wildman–Crippen MR) is 104 cm³/mol. The van der Waals surface area contributed by atoms with Crippen LogP contribution in [0.2, 0.25) is 5.02 Å². The molecule has 0 saturated carbocycles. The first kappa shape index (κ1) is 18.7. The Morgan fingerprint density at radius 3 is 2.62 bits per heavy atom. The van der Waals surface area contributed by atoms with E-state index in [0.717, 1.165) is 38.0 Å². The smallest absolute Gasteiger partial charge is 0.255 e. The summed E-state index contributed by atoms with van der Waals surface area (Å²) in [4.78, 5) is 26.9. The van der Waals surface area contributed by atoms with E-state index in [4.69, 9.17) is 11.6 Å². The molecule has 0 radical (unpaired) electrons. The van der Waals surface area contributed by atoms with Gasteiger partial charge in [0.2, 0.25) is 0 Å². The van der Waals surface area contributed by atoms with E-state index >= 15 is 0 Å². The molecule has 2 aromatic rings. The molecule has 1 aromatic heterocycles. The van der Waals surface area contributed by atoms with Crippen LogP contribution in [0.1, 0.15) is 28.8 Å². The quantitative estimate of drug-likeness (QED) is 0.876. The summed E-state index contributed by atoms with van der Waals surface area (Å²) in [6, 6.07) is 10.5. The highest BCUT2D eigenvalue weighted by atomic mass is 35.5. The van der Waals surface area contributed by atoms with Crippen LogP contribution in [-0.2, 0) is 6.54 Å². The number of nitrogens with zero attached hydrogens (tertiary/aromatic N) is 2. The minimum atomic E-state index is -0.144. The number of hydrogen-bond donors (Lipinski definition) is 1. The number of rotatable bonds is 5. The molecule has 0 bridgehead atoms. The molecule has 138 valence electrons. The summed E-state index contributed by atoms with van der Waals surface area (Å²) in [5.74, 6) is 0.610. The normalized spacial score (nSPS) is 15.2. The fraction of sp³-hybridized carbons (Fsp3) is 0.400. The minimum absolute atomic E-state index is 0.0131. The molecule has 1 saturated heterocycles. The van der Waals surface area contributed by atoms with E-state index in [1.807, 2.05) is 30.1 Å². The Morgan fingerprint density at radius 2 is 1.92 bits per heavy atom. The van der Waals surface area contributed by atoms with Crippen LogP contribution in [0.25, 0.3) is 0 Å². The highest BCUT2D eigenvalue weighted by molar-refractivity contribution is 6.31. The first-order chi connectivity index (χ1) is 12.6. The van der Waals surface area contributed by atoms with Crippen molar-refractivity contribution in [2.45, 2.75) is 19.4 Å². The van der Waals surface area contributed by atoms with E-state index in [2.05, 4.69) is 5.32 Å². The highest BCUT2D eigenvalue weighted by Crippen LogP contribution is 2.19. The second kappa shape index (κ2) is 8.52. The molecular weight excluding hydrogens is 350 g/mol. The average Bonchev–Trinajstić information content (AvgIpc) is 2.65. The lowest BCUT2D eigenvalue weighted by molar-refractivity contribution is 0.0690. The van der Waals surface area contributed by atoms with Gasteiger partial charge < -0.3 is 14.8 Å². The van der Waals surface area contributed by atoms with Crippen LogP contribution in [0.15, 0.2) is 47.4 Å². The molecule has 1 aliphatic heterocycles. The predicted octanol–water partition coefficient (Wildman–Crippen LogP) is 2.62. The lowest BCUT2D eigenvalue weighted by atomic mass is 9.96. The summed E-state index contributed by atoms with van der Waals surface area (Å²) in [6.07, 6.45) is 3.66. The Labute approximate surface area is 158 Å². The van der Waals surface area contributed by atoms with E-state index in [1.165, 1.54) is 6.07 Å². The molecule has 1 N–H and O–H groups in total. The highest BCUT2D eigenvalue weighted by Gasteiger charge is 2.23. The molecule has 1 fully saturated rings. The second-order valence-corrected chi connectivity index (χ2v) is 7.18. The molecule has 26 heavy (non-hydrogen) atoms. The maximum atomic E-state index is 12.8. The van der Waals surface area contributed by atoms with Gasteiger partial charge in [-0.25, -0.2) is 0 Å². The van der Waals surface area contributed by atoms with Crippen molar-refractivity contribution in [2.75, 3.05) is 26.7 Å². The number of amides is 1. The van der Waals surface area contributed by atoms with Gasteiger partial charge in [0, 0.05) is 30.4 Å². The van der Waals surface area contributed by atoms with Gasteiger partial charge in [-0.05, 0) is 50.0 Å². The van der Waals surface area contributed by atoms with Gasteiger partial charge in [-0.1, -0.05) is 29.8 Å². The molecule has 0 aliphatic carbocycles. The molecule has 6 heteroatoms. The topological polar surface area (TPSA) is 54.3 Å². The summed E-state index contributed by atoms with van der Waals surface area (Å²) >= 11 is 6.19. The van der Waals surface area contributed by atoms with Crippen LogP contribution in [-0.4, -0.2) is 42.1 Å². The van der Waals surface area contributed by atoms with Crippen molar-refractivity contribution in [1.82, 2.24) is 14.8 Å². The fourth-order valence-electron chi connectivity index (χ4n) is 3.40. The zero-order chi connectivity index (χ0) is 18.5. The number of piperidine rings is 1. The van der Waals surface area contributed by atoms with E-state index in [-0.39, 0.29) is 11.5 Å². The Morgan fingerprint density at radius 1 is 1.19 bits per heavy atom. The number of carbonyl (C=O) groups excluding carboxylic acids is 1. The molecular formula is C20H24ClN3O2. The van der Waals surface area contributed by atoms with Gasteiger partial charge in [0.05, 0.1) is 12.1 Å². The molecule has 1 aliphatic rings. The first-order valence-electron chi connectivity index (χ1n) is 8.96. The third kappa shape index (κ3) is 4.34. The zero-order valence-corrected chi connectivity index (χ0v) is 15.7. The monoisotopic (exact) mass is 373 g/mol. The number of likely N-dealkylation sites (tertiary alicyclic amines) is 1. The third-order valence-electron chi connectivity index (χ3n) is 4.92. The molecule has 1 amide bonds. The van der Waals surface area contributed by atoms with Crippen LogP contribution < -0.4 is 10.9 Å². The average molecular weight is 374 g/mol. The van der Waals surface area contributed by atoms with Gasteiger partial charge in [0.1, 0.15) is 0 Å². The Bertz CT molecular complexity index is 826. The Balaban J connectivity index is 1.74. The fourth-order valence-corrected chi connectivity index (χ4v) is 3.60. The van der Waals surface area contributed by atoms with Crippen LogP contribution in [0.5, 0.6) is 0 Å². The summed E-state index contributed by atoms with van der Waals surface area (Å²) in [6.45, 7) is 2.86. The number of hydrogen-bond acceptors (Lipinski definition) is 3. The zero-order valence-electron chi connectivity index (χ0n) is 15.0. The molecule has 2 heterocycles. The van der Waals surface area contributed by atoms with Crippen LogP contribution >= 0.6 is 11.6 Å². The van der Waals surface area contributed by atoms with E-state index in [1.54, 1.807) is 22.9 Å². The third-order valence-corrected chi connectivity index (χ3v) is 5.29. The molecule has 1 aromatic carbocycles. The second-order valence-electron chi connectivity index (χ2n) is 6.77. The molecule has 0 atom stereocenters. The van der Waals surface area contributed by atoms with Crippen molar-refractivity contribution in [3.63, 3.8) is 0 Å². The summed E-state index contributed by atoms with van der Waals surface area (Å²) in [5.41, 5.74) is 1.26. The van der Waals surface area contributed by atoms with Gasteiger partial charge in [0.15, 0.2) is 0 Å². The van der Waals surface area contributed by atoms with E-state index in [9.17, 15) is 9.59 Å². The molecule has 0 unspecified atom stereocenters. The number of aromatic nitrogens is 1. The number of benzene rings is 1. The minimum Gasteiger partial charge on any atom is -0.339 e. The van der Waals surface area contributed by atoms with Crippen molar-refractivity contribution in [2.24, 2.45) is 5.92 Å². The van der Waals surface area contributed by atoms with Gasteiger partial charge in [0.25, 0.3) is 11.5 Å². The standard InChI is InChI=1S/C20H24ClN3O2/c1-22-12-15-8-10-23(11-9-15)20(26)17-6-7-19(25)24(14-17)13-16-4-2-3-5-18(16)21/h2-7,14-15,22H,8-13H2,1H3. The lowest BCUT2D eigenvalue weighted by Crippen LogP contribution is -2.40. The van der Waals surface area contributed by atoms with E-state index in [0.29, 0.717) is 23.0 Å². The van der Waals surface area contributed by atoms with E-state index < -0.39 is 0 Å². The largest absolute Gasteiger partial charge is 0.339 e. The maximum Gasteiger partial charge on any atom is 0.255 e. The maximum absolute atomic E-state index is 12.8. The van der Waals surface area contributed by atoms with Crippen molar-refractivity contribution in [3.05, 3.63) is 69.1 Å². The number of nitrogens with one attached hydrogen (secondary N) is 1. The lowest BCUT2D eigenvalue weighted by Gasteiger charge is -2.32. The van der Waals surface area contributed by atoms with Crippen LogP contribution in [0, 0.1) is 5.92 Å². The summed E-state index contributed by atoms with van der Waals surface area (Å²) in [5, 5.41) is 3.82. The van der Waals surface area contributed by atoms with Gasteiger partial charge in [-0.2, -0.15) is 0 Å². The number of pyridine rings is 1. The Hall–Kier alpha value is -2.11. The molecule has 0 spiro atoms. The van der Waals surface area contributed by atoms with Crippen molar-refractivity contribution in [3.8, 4) is 0 Å². The SMILES string of the molecule is CNCC1CCN(C(=O)c2ccc(=O)n(Cc3ccccc3Cl)c2)CC1. The van der Waals surface area contributed by atoms with Crippen molar-refractivity contribution >= 4 is 17.5 Å². The van der Waals surface area contributed by atoms with Crippen molar-refractivity contribution in [1.29, 1.82) is 0 Å². The number of carbonyl (C=O) groups is 1. The summed E-state index contributed by atoms with van der Waals surface area (Å²) in [7, 11) is 1.96. The van der Waals surface area contributed by atoms with Crippen LogP contribution in [0.4, 0.5) is 0 Å².